The number of likely N-dealkylation sites (tertiary alicyclic amines) is 1. The second-order valence-electron chi connectivity index (χ2n) is 7.65. The predicted octanol–water partition coefficient (Wildman–Crippen LogP) is 2.49. The van der Waals surface area contributed by atoms with Gasteiger partial charge in [0.05, 0.1) is 16.2 Å². The molecule has 26 heavy (non-hydrogen) atoms. The van der Waals surface area contributed by atoms with Crippen molar-refractivity contribution < 1.29 is 19.0 Å². The Balaban J connectivity index is 1.67. The van der Waals surface area contributed by atoms with Gasteiger partial charge in [-0.25, -0.2) is 4.39 Å². The molecule has 1 aromatic carbocycles. The molecular formula is C19H26ClFN2O3. The molecule has 0 bridgehead atoms. The molecule has 0 aliphatic carbocycles. The summed E-state index contributed by atoms with van der Waals surface area (Å²) in [6, 6.07) is 5.03. The molecule has 0 unspecified atom stereocenters. The van der Waals surface area contributed by atoms with Crippen LogP contribution in [0.15, 0.2) is 18.2 Å². The van der Waals surface area contributed by atoms with Gasteiger partial charge in [-0.2, -0.15) is 0 Å². The average molecular weight is 385 g/mol. The Morgan fingerprint density at radius 1 is 1.42 bits per heavy atom. The smallest absolute Gasteiger partial charge is 0.217 e. The number of ether oxygens (including phenoxy) is 1. The molecule has 0 saturated carbocycles. The molecule has 1 aromatic rings. The quantitative estimate of drug-likeness (QED) is 0.840. The Hall–Kier alpha value is -1.21. The van der Waals surface area contributed by atoms with E-state index in [1.54, 1.807) is 18.2 Å². The summed E-state index contributed by atoms with van der Waals surface area (Å²) in [5.41, 5.74) is -0.786. The summed E-state index contributed by atoms with van der Waals surface area (Å²) in [7, 11) is 0. The molecule has 2 aliphatic rings. The van der Waals surface area contributed by atoms with Gasteiger partial charge in [0.1, 0.15) is 11.9 Å². The lowest BCUT2D eigenvalue weighted by atomic mass is 9.73. The van der Waals surface area contributed by atoms with E-state index in [0.717, 1.165) is 0 Å². The fraction of sp³-hybridized carbons (Fsp3) is 0.632. The van der Waals surface area contributed by atoms with Crippen molar-refractivity contribution in [3.63, 3.8) is 0 Å². The third-order valence-corrected chi connectivity index (χ3v) is 5.99. The van der Waals surface area contributed by atoms with E-state index in [1.807, 2.05) is 6.92 Å². The third-order valence-electron chi connectivity index (χ3n) is 5.70. The summed E-state index contributed by atoms with van der Waals surface area (Å²) in [6.45, 7) is 5.66. The van der Waals surface area contributed by atoms with Crippen LogP contribution in [0.2, 0.25) is 5.02 Å². The number of aliphatic hydroxyl groups excluding tert-OH is 1. The number of amides is 1. The molecule has 2 N–H and O–H groups in total. The zero-order valence-corrected chi connectivity index (χ0v) is 16.0. The number of piperidine rings is 1. The minimum atomic E-state index is -0.780. The monoisotopic (exact) mass is 384 g/mol. The van der Waals surface area contributed by atoms with Crippen molar-refractivity contribution in [2.75, 3.05) is 19.7 Å². The van der Waals surface area contributed by atoms with Crippen LogP contribution in [0.1, 0.15) is 38.7 Å². The summed E-state index contributed by atoms with van der Waals surface area (Å²) in [5, 5.41) is 14.0. The fourth-order valence-corrected chi connectivity index (χ4v) is 4.41. The van der Waals surface area contributed by atoms with Crippen molar-refractivity contribution >= 4 is 17.5 Å². The molecule has 2 saturated heterocycles. The maximum Gasteiger partial charge on any atom is 0.217 e. The van der Waals surface area contributed by atoms with Crippen LogP contribution in [-0.4, -0.2) is 52.9 Å². The van der Waals surface area contributed by atoms with Gasteiger partial charge in [-0.1, -0.05) is 23.7 Å². The van der Waals surface area contributed by atoms with Crippen LogP contribution < -0.4 is 5.32 Å². The van der Waals surface area contributed by atoms with E-state index in [2.05, 4.69) is 10.2 Å². The van der Waals surface area contributed by atoms with Gasteiger partial charge >= 0.3 is 0 Å². The Morgan fingerprint density at radius 2 is 2.12 bits per heavy atom. The van der Waals surface area contributed by atoms with Crippen LogP contribution in [0, 0.1) is 5.82 Å². The lowest BCUT2D eigenvalue weighted by Crippen LogP contribution is -2.69. The van der Waals surface area contributed by atoms with E-state index in [1.165, 1.54) is 6.92 Å². The molecule has 144 valence electrons. The standard InChI is InChI=1S/C19H26ClFN2O3/c1-13(24)22-18(2)8-11-26-19(17(18)25)6-9-23(10-7-19)12-14-4-3-5-15(20)16(14)21/h3-5,17,25H,6-12H2,1-2H3,(H,22,24)/t17-,18+/m1/s1. The molecule has 2 aliphatic heterocycles. The molecule has 7 heteroatoms. The predicted molar refractivity (Wildman–Crippen MR) is 97.4 cm³/mol. The Kier molecular flexibility index (Phi) is 5.58. The maximum absolute atomic E-state index is 14.1. The number of nitrogens with one attached hydrogen (secondary N) is 1. The molecule has 1 amide bonds. The topological polar surface area (TPSA) is 61.8 Å². The van der Waals surface area contributed by atoms with Crippen molar-refractivity contribution in [2.24, 2.45) is 0 Å². The molecule has 5 nitrogen and oxygen atoms in total. The summed E-state index contributed by atoms with van der Waals surface area (Å²) >= 11 is 5.86. The molecule has 2 heterocycles. The normalized spacial score (nSPS) is 28.9. The summed E-state index contributed by atoms with van der Waals surface area (Å²) < 4.78 is 20.1. The lowest BCUT2D eigenvalue weighted by molar-refractivity contribution is -0.208. The first-order chi connectivity index (χ1) is 12.3. The summed E-state index contributed by atoms with van der Waals surface area (Å²) in [4.78, 5) is 13.7. The lowest BCUT2D eigenvalue weighted by Gasteiger charge is -2.53. The summed E-state index contributed by atoms with van der Waals surface area (Å²) in [6.07, 6.45) is 1.06. The molecule has 1 spiro atoms. The molecular weight excluding hydrogens is 359 g/mol. The number of hydrogen-bond donors (Lipinski definition) is 2. The van der Waals surface area contributed by atoms with E-state index >= 15 is 0 Å². The minimum Gasteiger partial charge on any atom is -0.388 e. The molecule has 0 aromatic heterocycles. The van der Waals surface area contributed by atoms with E-state index in [9.17, 15) is 14.3 Å². The Labute approximate surface area is 158 Å². The van der Waals surface area contributed by atoms with E-state index in [-0.39, 0.29) is 16.7 Å². The van der Waals surface area contributed by atoms with Crippen LogP contribution >= 0.6 is 11.6 Å². The summed E-state index contributed by atoms with van der Waals surface area (Å²) in [5.74, 6) is -0.529. The van der Waals surface area contributed by atoms with Crippen molar-refractivity contribution in [2.45, 2.75) is 56.9 Å². The number of hydrogen-bond acceptors (Lipinski definition) is 4. The van der Waals surface area contributed by atoms with Crippen LogP contribution in [0.5, 0.6) is 0 Å². The van der Waals surface area contributed by atoms with E-state index < -0.39 is 17.2 Å². The van der Waals surface area contributed by atoms with Gasteiger partial charge in [0.25, 0.3) is 0 Å². The Bertz CT molecular complexity index is 679. The maximum atomic E-state index is 14.1. The van der Waals surface area contributed by atoms with Gasteiger partial charge in [-0.05, 0) is 32.3 Å². The number of nitrogens with zero attached hydrogens (tertiary/aromatic N) is 1. The molecule has 0 radical (unpaired) electrons. The van der Waals surface area contributed by atoms with Gasteiger partial charge in [0.15, 0.2) is 0 Å². The fourth-order valence-electron chi connectivity index (χ4n) is 4.21. The number of rotatable bonds is 3. The zero-order valence-electron chi connectivity index (χ0n) is 15.2. The first kappa shape index (κ1) is 19.5. The van der Waals surface area contributed by atoms with E-state index in [0.29, 0.717) is 51.1 Å². The second kappa shape index (κ2) is 7.43. The molecule has 2 atom stereocenters. The highest BCUT2D eigenvalue weighted by Crippen LogP contribution is 2.40. The van der Waals surface area contributed by atoms with Crippen molar-refractivity contribution in [1.82, 2.24) is 10.2 Å². The first-order valence-electron chi connectivity index (χ1n) is 9.02. The van der Waals surface area contributed by atoms with Gasteiger partial charge in [-0.3, -0.25) is 9.69 Å². The molecule has 2 fully saturated rings. The number of aliphatic hydroxyl groups is 1. The third kappa shape index (κ3) is 3.74. The SMILES string of the molecule is CC(=O)N[C@@]1(C)CCOC2(CCN(Cc3cccc(Cl)c3F)CC2)[C@@H]1O. The van der Waals surface area contributed by atoms with Crippen LogP contribution in [0.4, 0.5) is 4.39 Å². The van der Waals surface area contributed by atoms with E-state index in [4.69, 9.17) is 16.3 Å². The van der Waals surface area contributed by atoms with Gasteiger partial charge in [-0.15, -0.1) is 0 Å². The molecule has 3 rings (SSSR count). The van der Waals surface area contributed by atoms with Crippen molar-refractivity contribution in [3.05, 3.63) is 34.6 Å². The Morgan fingerprint density at radius 3 is 2.77 bits per heavy atom. The van der Waals surface area contributed by atoms with Crippen LogP contribution in [-0.2, 0) is 16.1 Å². The number of carbonyl (C=O) groups is 1. The number of benzene rings is 1. The zero-order chi connectivity index (χ0) is 18.9. The highest BCUT2D eigenvalue weighted by atomic mass is 35.5. The van der Waals surface area contributed by atoms with Gasteiger partial charge in [0, 0.05) is 38.7 Å². The second-order valence-corrected chi connectivity index (χ2v) is 8.06. The largest absolute Gasteiger partial charge is 0.388 e. The first-order valence-corrected chi connectivity index (χ1v) is 9.40. The van der Waals surface area contributed by atoms with Crippen molar-refractivity contribution in [1.29, 1.82) is 0 Å². The number of carbonyl (C=O) groups excluding carboxylic acids is 1. The highest BCUT2D eigenvalue weighted by Gasteiger charge is 2.53. The van der Waals surface area contributed by atoms with Crippen molar-refractivity contribution in [3.8, 4) is 0 Å². The minimum absolute atomic E-state index is 0.132. The van der Waals surface area contributed by atoms with Gasteiger partial charge in [0.2, 0.25) is 5.91 Å². The highest BCUT2D eigenvalue weighted by molar-refractivity contribution is 6.30. The average Bonchev–Trinajstić information content (AvgIpc) is 2.58. The van der Waals surface area contributed by atoms with Gasteiger partial charge < -0.3 is 15.2 Å². The number of halogens is 2. The van der Waals surface area contributed by atoms with Crippen LogP contribution in [0.3, 0.4) is 0 Å². The van der Waals surface area contributed by atoms with Crippen LogP contribution in [0.25, 0.3) is 0 Å².